The summed E-state index contributed by atoms with van der Waals surface area (Å²) in [5.41, 5.74) is 0. The number of carbonyl (C=O) groups excluding carboxylic acids is 2. The van der Waals surface area contributed by atoms with Gasteiger partial charge in [0.1, 0.15) is 6.61 Å². The fourth-order valence-corrected chi connectivity index (χ4v) is 1.02. The molecule has 2 N–H and O–H groups in total. The fraction of sp³-hybridized carbons (Fsp3) is 0.727. The van der Waals surface area contributed by atoms with Crippen LogP contribution in [-0.4, -0.2) is 48.8 Å². The first-order valence-electron chi connectivity index (χ1n) is 5.74. The van der Waals surface area contributed by atoms with Gasteiger partial charge < -0.3 is 19.9 Å². The maximum absolute atomic E-state index is 11.2. The third kappa shape index (κ3) is 8.51. The van der Waals surface area contributed by atoms with Crippen molar-refractivity contribution in [3.63, 3.8) is 0 Å². The molecule has 0 rings (SSSR count). The molecule has 0 spiro atoms. The van der Waals surface area contributed by atoms with E-state index in [0.29, 0.717) is 19.6 Å². The van der Waals surface area contributed by atoms with Crippen molar-refractivity contribution in [3.8, 4) is 0 Å². The molecular weight excluding hydrogens is 242 g/mol. The Bertz CT molecular complexity index is 291. The molecule has 0 aliphatic rings. The number of hydrogen-bond acceptors (Lipinski definition) is 5. The van der Waals surface area contributed by atoms with Gasteiger partial charge in [-0.05, 0) is 20.3 Å². The van der Waals surface area contributed by atoms with E-state index >= 15 is 0 Å². The van der Waals surface area contributed by atoms with Crippen LogP contribution in [0.4, 0.5) is 0 Å². The molecule has 0 aromatic rings. The van der Waals surface area contributed by atoms with Crippen molar-refractivity contribution in [2.75, 3.05) is 19.8 Å². The van der Waals surface area contributed by atoms with Gasteiger partial charge in [0.15, 0.2) is 6.10 Å². The van der Waals surface area contributed by atoms with Gasteiger partial charge in [-0.2, -0.15) is 0 Å². The number of carbonyl (C=O) groups is 3. The molecule has 0 saturated heterocycles. The first kappa shape index (κ1) is 16.4. The molecule has 7 nitrogen and oxygen atoms in total. The minimum absolute atomic E-state index is 0.237. The highest BCUT2D eigenvalue weighted by Gasteiger charge is 2.12. The summed E-state index contributed by atoms with van der Waals surface area (Å²) in [6.07, 6.45) is -0.310. The number of aliphatic carboxylic acids is 1. The fourth-order valence-electron chi connectivity index (χ4n) is 1.02. The van der Waals surface area contributed by atoms with Crippen molar-refractivity contribution in [3.05, 3.63) is 0 Å². The van der Waals surface area contributed by atoms with Crippen LogP contribution < -0.4 is 5.32 Å². The van der Waals surface area contributed by atoms with Gasteiger partial charge >= 0.3 is 11.9 Å². The number of rotatable bonds is 9. The minimum Gasteiger partial charge on any atom is -0.479 e. The van der Waals surface area contributed by atoms with Crippen molar-refractivity contribution in [1.29, 1.82) is 0 Å². The Labute approximate surface area is 105 Å². The first-order chi connectivity index (χ1) is 8.47. The van der Waals surface area contributed by atoms with Crippen LogP contribution in [0.1, 0.15) is 26.7 Å². The van der Waals surface area contributed by atoms with Crippen LogP contribution in [0.15, 0.2) is 0 Å². The number of esters is 1. The zero-order chi connectivity index (χ0) is 14.0. The minimum atomic E-state index is -1.12. The van der Waals surface area contributed by atoms with Gasteiger partial charge in [-0.1, -0.05) is 0 Å². The number of carboxylic acids is 1. The highest BCUT2D eigenvalue weighted by Crippen LogP contribution is 1.92. The van der Waals surface area contributed by atoms with Gasteiger partial charge in [0, 0.05) is 13.0 Å². The van der Waals surface area contributed by atoms with E-state index in [9.17, 15) is 14.4 Å². The van der Waals surface area contributed by atoms with E-state index < -0.39 is 18.0 Å². The molecule has 0 bridgehead atoms. The van der Waals surface area contributed by atoms with Crippen molar-refractivity contribution in [2.24, 2.45) is 0 Å². The van der Waals surface area contributed by atoms with Gasteiger partial charge in [0.25, 0.3) is 0 Å². The van der Waals surface area contributed by atoms with Crippen LogP contribution in [0.5, 0.6) is 0 Å². The van der Waals surface area contributed by atoms with Gasteiger partial charge in [0.2, 0.25) is 5.91 Å². The van der Waals surface area contributed by atoms with Crippen LogP contribution in [0.2, 0.25) is 0 Å². The maximum Gasteiger partial charge on any atom is 0.332 e. The van der Waals surface area contributed by atoms with E-state index in [1.54, 1.807) is 6.92 Å². The largest absolute Gasteiger partial charge is 0.479 e. The lowest BCUT2D eigenvalue weighted by Gasteiger charge is -2.08. The van der Waals surface area contributed by atoms with Crippen LogP contribution in [0.25, 0.3) is 0 Å². The van der Waals surface area contributed by atoms with Gasteiger partial charge in [0.05, 0.1) is 6.61 Å². The molecule has 1 unspecified atom stereocenters. The molecule has 1 amide bonds. The SMILES string of the molecule is CCOC(=O)CCCNC(=O)COC(C)C(=O)O. The molecule has 1 atom stereocenters. The maximum atomic E-state index is 11.2. The normalized spacial score (nSPS) is 11.7. The molecule has 0 aromatic carbocycles. The van der Waals surface area contributed by atoms with E-state index in [0.717, 1.165) is 0 Å². The zero-order valence-corrected chi connectivity index (χ0v) is 10.6. The summed E-state index contributed by atoms with van der Waals surface area (Å²) in [4.78, 5) is 32.5. The molecule has 7 heteroatoms. The number of amides is 1. The summed E-state index contributed by atoms with van der Waals surface area (Å²) in [5.74, 6) is -1.83. The lowest BCUT2D eigenvalue weighted by Crippen LogP contribution is -2.32. The zero-order valence-electron chi connectivity index (χ0n) is 10.6. The Balaban J connectivity index is 3.54. The summed E-state index contributed by atoms with van der Waals surface area (Å²) >= 11 is 0. The predicted octanol–water partition coefficient (Wildman–Crippen LogP) is -0.0644. The van der Waals surface area contributed by atoms with Crippen LogP contribution in [0.3, 0.4) is 0 Å². The highest BCUT2D eigenvalue weighted by molar-refractivity contribution is 5.78. The number of nitrogens with one attached hydrogen (secondary N) is 1. The Kier molecular flexibility index (Phi) is 8.55. The van der Waals surface area contributed by atoms with E-state index in [1.165, 1.54) is 6.92 Å². The average molecular weight is 261 g/mol. The molecule has 0 fully saturated rings. The average Bonchev–Trinajstić information content (AvgIpc) is 2.31. The van der Waals surface area contributed by atoms with E-state index in [1.807, 2.05) is 0 Å². The van der Waals surface area contributed by atoms with Crippen LogP contribution in [0, 0.1) is 0 Å². The smallest absolute Gasteiger partial charge is 0.332 e. The van der Waals surface area contributed by atoms with Gasteiger partial charge in [-0.25, -0.2) is 4.79 Å². The molecule has 0 heterocycles. The number of ether oxygens (including phenoxy) is 2. The number of carboxylic acid groups (broad SMARTS) is 1. The lowest BCUT2D eigenvalue weighted by molar-refractivity contribution is -0.151. The molecule has 0 saturated carbocycles. The van der Waals surface area contributed by atoms with E-state index in [-0.39, 0.29) is 19.0 Å². The van der Waals surface area contributed by atoms with E-state index in [2.05, 4.69) is 5.32 Å². The Hall–Kier alpha value is -1.63. The summed E-state index contributed by atoms with van der Waals surface area (Å²) in [5, 5.41) is 11.0. The second-order valence-corrected chi connectivity index (χ2v) is 3.55. The first-order valence-corrected chi connectivity index (χ1v) is 5.74. The van der Waals surface area contributed by atoms with Crippen molar-refractivity contribution in [1.82, 2.24) is 5.32 Å². The molecule has 18 heavy (non-hydrogen) atoms. The lowest BCUT2D eigenvalue weighted by atomic mass is 10.3. The van der Waals surface area contributed by atoms with Crippen molar-refractivity contribution in [2.45, 2.75) is 32.8 Å². The van der Waals surface area contributed by atoms with Crippen molar-refractivity contribution < 1.29 is 29.0 Å². The molecule has 0 aromatic heterocycles. The Morgan fingerprint density at radius 3 is 2.56 bits per heavy atom. The molecule has 0 aliphatic heterocycles. The van der Waals surface area contributed by atoms with E-state index in [4.69, 9.17) is 14.6 Å². The Morgan fingerprint density at radius 2 is 2.00 bits per heavy atom. The second kappa shape index (κ2) is 9.41. The van der Waals surface area contributed by atoms with Gasteiger partial charge in [-0.3, -0.25) is 9.59 Å². The van der Waals surface area contributed by atoms with Gasteiger partial charge in [-0.15, -0.1) is 0 Å². The second-order valence-electron chi connectivity index (χ2n) is 3.55. The highest BCUT2D eigenvalue weighted by atomic mass is 16.5. The van der Waals surface area contributed by atoms with Crippen LogP contribution in [-0.2, 0) is 23.9 Å². The topological polar surface area (TPSA) is 102 Å². The van der Waals surface area contributed by atoms with Crippen molar-refractivity contribution >= 4 is 17.8 Å². The predicted molar refractivity (Wildman–Crippen MR) is 61.9 cm³/mol. The molecular formula is C11H19NO6. The molecule has 0 radical (unpaired) electrons. The third-order valence-corrected chi connectivity index (χ3v) is 2.00. The Morgan fingerprint density at radius 1 is 1.33 bits per heavy atom. The molecule has 104 valence electrons. The summed E-state index contributed by atoms with van der Waals surface area (Å²) in [7, 11) is 0. The van der Waals surface area contributed by atoms with Crippen LogP contribution >= 0.6 is 0 Å². The summed E-state index contributed by atoms with van der Waals surface area (Å²) < 4.78 is 9.49. The summed E-state index contributed by atoms with van der Waals surface area (Å²) in [6, 6.07) is 0. The molecule has 0 aliphatic carbocycles. The monoisotopic (exact) mass is 261 g/mol. The quantitative estimate of drug-likeness (QED) is 0.445. The third-order valence-electron chi connectivity index (χ3n) is 2.00. The summed E-state index contributed by atoms with van der Waals surface area (Å²) in [6.45, 7) is 3.42. The standard InChI is InChI=1S/C11H19NO6/c1-3-17-10(14)5-4-6-12-9(13)7-18-8(2)11(15)16/h8H,3-7H2,1-2H3,(H,12,13)(H,15,16). The number of hydrogen-bond donors (Lipinski definition) is 2.